The number of aromatic nitrogens is 1. The first-order valence-electron chi connectivity index (χ1n) is 14.7. The molecule has 0 amide bonds. The number of rotatable bonds is 6. The zero-order valence-electron chi connectivity index (χ0n) is 23.2. The van der Waals surface area contributed by atoms with Gasteiger partial charge in [-0.2, -0.15) is 4.73 Å². The number of pyridine rings is 1. The van der Waals surface area contributed by atoms with Gasteiger partial charge in [-0.1, -0.05) is 13.8 Å². The zero-order valence-corrected chi connectivity index (χ0v) is 23.2. The van der Waals surface area contributed by atoms with Crippen LogP contribution >= 0.6 is 0 Å². The van der Waals surface area contributed by atoms with Gasteiger partial charge in [-0.3, -0.25) is 4.79 Å². The number of ketones is 1. The minimum absolute atomic E-state index is 0.0493. The van der Waals surface area contributed by atoms with Crippen molar-refractivity contribution in [2.24, 2.45) is 40.4 Å². The number of hydrogen-bond donors (Lipinski definition) is 1. The first kappa shape index (κ1) is 26.1. The second-order valence-corrected chi connectivity index (χ2v) is 13.5. The summed E-state index contributed by atoms with van der Waals surface area (Å²) in [6.07, 6.45) is 11.1. The fourth-order valence-electron chi connectivity index (χ4n) is 9.77. The Labute approximate surface area is 226 Å². The normalized spacial score (nSPS) is 40.3. The smallest absolute Gasteiger partial charge is 0.223 e. The summed E-state index contributed by atoms with van der Waals surface area (Å²) in [4.78, 5) is 13.6. The van der Waals surface area contributed by atoms with Crippen LogP contribution in [0.1, 0.15) is 71.6 Å². The standard InChI is InChI=1S/C32H43NO5/c1-30-14-15-32(35,20-37-3)18-22(30)6-8-24-25-9-10-27(31(25,2)13-12-26(24)30)29(34)19-38-23-7-11-28-21(17-23)5-4-16-33(28)36/h4-5,7,11,16-17,22,24-27,35H,6,8-10,12-15,18-20H2,1-3H3. The molecular weight excluding hydrogens is 478 g/mol. The van der Waals surface area contributed by atoms with Gasteiger partial charge in [-0.25, -0.2) is 0 Å². The van der Waals surface area contributed by atoms with Crippen LogP contribution in [0, 0.1) is 45.6 Å². The summed E-state index contributed by atoms with van der Waals surface area (Å²) < 4.78 is 12.2. The molecule has 6 heteroatoms. The number of benzene rings is 1. The summed E-state index contributed by atoms with van der Waals surface area (Å²) in [6, 6.07) is 9.00. The molecule has 1 N–H and O–H groups in total. The Morgan fingerprint density at radius 2 is 1.87 bits per heavy atom. The van der Waals surface area contributed by atoms with Crippen LogP contribution in [-0.2, 0) is 9.53 Å². The van der Waals surface area contributed by atoms with E-state index in [4.69, 9.17) is 9.47 Å². The first-order valence-corrected chi connectivity index (χ1v) is 14.7. The average Bonchev–Trinajstić information content (AvgIpc) is 3.25. The van der Waals surface area contributed by atoms with E-state index in [0.717, 1.165) is 48.6 Å². The molecule has 38 heavy (non-hydrogen) atoms. The molecule has 0 aliphatic heterocycles. The topological polar surface area (TPSA) is 82.7 Å². The highest BCUT2D eigenvalue weighted by Crippen LogP contribution is 2.68. The van der Waals surface area contributed by atoms with Crippen LogP contribution in [0.25, 0.3) is 10.9 Å². The second kappa shape index (κ2) is 9.48. The third-order valence-electron chi connectivity index (χ3n) is 11.7. The van der Waals surface area contributed by atoms with Crippen molar-refractivity contribution in [1.82, 2.24) is 0 Å². The predicted molar refractivity (Wildman–Crippen MR) is 145 cm³/mol. The van der Waals surface area contributed by atoms with Crippen molar-refractivity contribution in [3.05, 3.63) is 41.7 Å². The molecule has 6 nitrogen and oxygen atoms in total. The van der Waals surface area contributed by atoms with Gasteiger partial charge >= 0.3 is 0 Å². The molecule has 0 saturated heterocycles. The minimum atomic E-state index is -0.666. The van der Waals surface area contributed by atoms with Gasteiger partial charge in [0.15, 0.2) is 12.0 Å². The van der Waals surface area contributed by atoms with Crippen LogP contribution < -0.4 is 9.47 Å². The molecule has 2 aromatic rings. The molecule has 0 radical (unpaired) electrons. The van der Waals surface area contributed by atoms with Crippen LogP contribution in [0.4, 0.5) is 0 Å². The zero-order chi connectivity index (χ0) is 26.7. The molecule has 4 aliphatic carbocycles. The maximum Gasteiger partial charge on any atom is 0.223 e. The molecule has 1 heterocycles. The number of methoxy groups -OCH3 is 1. The highest BCUT2D eigenvalue weighted by molar-refractivity contribution is 5.84. The van der Waals surface area contributed by atoms with Crippen molar-refractivity contribution in [1.29, 1.82) is 0 Å². The van der Waals surface area contributed by atoms with E-state index >= 15 is 0 Å². The van der Waals surface area contributed by atoms with Crippen LogP contribution in [0.15, 0.2) is 36.5 Å². The average molecular weight is 522 g/mol. The lowest BCUT2D eigenvalue weighted by atomic mass is 9.44. The number of nitrogens with zero attached hydrogens (tertiary/aromatic N) is 1. The van der Waals surface area contributed by atoms with Crippen molar-refractivity contribution < 1.29 is 24.1 Å². The Hall–Kier alpha value is -2.18. The molecule has 0 bridgehead atoms. The van der Waals surface area contributed by atoms with Gasteiger partial charge in [0, 0.05) is 25.2 Å². The molecule has 4 fully saturated rings. The van der Waals surface area contributed by atoms with Crippen molar-refractivity contribution in [3.63, 3.8) is 0 Å². The molecule has 206 valence electrons. The summed E-state index contributed by atoms with van der Waals surface area (Å²) in [5.74, 6) is 3.45. The molecule has 8 unspecified atom stereocenters. The van der Waals surface area contributed by atoms with Gasteiger partial charge in [0.1, 0.15) is 12.4 Å². The quantitative estimate of drug-likeness (QED) is 0.403. The third kappa shape index (κ3) is 4.14. The molecule has 1 aromatic carbocycles. The number of ether oxygens (including phenoxy) is 2. The SMILES string of the molecule is COCC1(O)CCC2(C)C(CCC3C2CCC2(C)C(C(=O)COc4ccc5c(ccc[n+]5[O-])c4)CCC32)C1. The van der Waals surface area contributed by atoms with Gasteiger partial charge in [0.25, 0.3) is 0 Å². The molecular formula is C32H43NO5. The van der Waals surface area contributed by atoms with Gasteiger partial charge in [-0.05, 0) is 110 Å². The maximum atomic E-state index is 13.6. The number of fused-ring (bicyclic) bond motifs is 6. The van der Waals surface area contributed by atoms with E-state index in [-0.39, 0.29) is 29.1 Å². The third-order valence-corrected chi connectivity index (χ3v) is 11.7. The first-order chi connectivity index (χ1) is 18.2. The Bertz CT molecular complexity index is 1220. The fraction of sp³-hybridized carbons (Fsp3) is 0.688. The lowest BCUT2D eigenvalue weighted by Crippen LogP contribution is -2.57. The predicted octanol–water partition coefficient (Wildman–Crippen LogP) is 5.46. The van der Waals surface area contributed by atoms with Gasteiger partial charge in [0.2, 0.25) is 5.52 Å². The molecule has 8 atom stereocenters. The molecule has 4 saturated carbocycles. The number of Topliss-reactive ketones (excluding diaryl/α,β-unsaturated/α-hetero) is 1. The Balaban J connectivity index is 1.13. The van der Waals surface area contributed by atoms with E-state index < -0.39 is 5.60 Å². The summed E-state index contributed by atoms with van der Waals surface area (Å²) in [5, 5.41) is 23.9. The van der Waals surface area contributed by atoms with E-state index in [0.29, 0.717) is 41.5 Å². The van der Waals surface area contributed by atoms with Crippen molar-refractivity contribution >= 4 is 16.7 Å². The van der Waals surface area contributed by atoms with E-state index in [1.54, 1.807) is 25.3 Å². The molecule has 1 aromatic heterocycles. The number of carbonyl (C=O) groups is 1. The van der Waals surface area contributed by atoms with E-state index in [2.05, 4.69) is 13.8 Å². The summed E-state index contributed by atoms with van der Waals surface area (Å²) >= 11 is 0. The van der Waals surface area contributed by atoms with Crippen LogP contribution in [0.5, 0.6) is 5.75 Å². The highest BCUT2D eigenvalue weighted by Gasteiger charge is 2.62. The van der Waals surface area contributed by atoms with Crippen LogP contribution in [0.3, 0.4) is 0 Å². The lowest BCUT2D eigenvalue weighted by Gasteiger charge is -2.62. The largest absolute Gasteiger partial charge is 0.618 e. The molecule has 4 aliphatic rings. The van der Waals surface area contributed by atoms with Crippen LogP contribution in [0.2, 0.25) is 0 Å². The maximum absolute atomic E-state index is 13.6. The summed E-state index contributed by atoms with van der Waals surface area (Å²) in [5.41, 5.74) is 0.265. The van der Waals surface area contributed by atoms with E-state index in [1.807, 2.05) is 12.1 Å². The number of carbonyl (C=O) groups excluding carboxylic acids is 1. The van der Waals surface area contributed by atoms with Gasteiger partial charge < -0.3 is 19.8 Å². The van der Waals surface area contributed by atoms with Gasteiger partial charge in [0.05, 0.1) is 17.6 Å². The van der Waals surface area contributed by atoms with Crippen molar-refractivity contribution in [2.45, 2.75) is 77.2 Å². The van der Waals surface area contributed by atoms with Gasteiger partial charge in [-0.15, -0.1) is 0 Å². The fourth-order valence-corrected chi connectivity index (χ4v) is 9.77. The lowest BCUT2D eigenvalue weighted by molar-refractivity contribution is -0.577. The molecule has 6 rings (SSSR count). The Morgan fingerprint density at radius 3 is 2.68 bits per heavy atom. The van der Waals surface area contributed by atoms with Crippen molar-refractivity contribution in [3.8, 4) is 5.75 Å². The van der Waals surface area contributed by atoms with Crippen LogP contribution in [-0.4, -0.2) is 36.8 Å². The van der Waals surface area contributed by atoms with Crippen molar-refractivity contribution in [2.75, 3.05) is 20.3 Å². The Morgan fingerprint density at radius 1 is 1.05 bits per heavy atom. The number of hydrogen-bond acceptors (Lipinski definition) is 5. The Kier molecular flexibility index (Phi) is 6.50. The highest BCUT2D eigenvalue weighted by atomic mass is 16.5. The monoisotopic (exact) mass is 521 g/mol. The summed E-state index contributed by atoms with van der Waals surface area (Å²) in [7, 11) is 1.69. The summed E-state index contributed by atoms with van der Waals surface area (Å²) in [6.45, 7) is 5.43. The number of aliphatic hydroxyl groups is 1. The molecule has 0 spiro atoms. The minimum Gasteiger partial charge on any atom is -0.618 e. The van der Waals surface area contributed by atoms with E-state index in [1.165, 1.54) is 25.5 Å². The van der Waals surface area contributed by atoms with E-state index in [9.17, 15) is 15.1 Å². The second-order valence-electron chi connectivity index (χ2n) is 13.5.